The largest absolute Gasteiger partial charge is 0.323 e. The Morgan fingerprint density at radius 1 is 0.815 bits per heavy atom. The van der Waals surface area contributed by atoms with E-state index in [0.717, 1.165) is 0 Å². The van der Waals surface area contributed by atoms with Crippen molar-refractivity contribution in [3.05, 3.63) is 78.4 Å². The molecule has 7 heteroatoms. The van der Waals surface area contributed by atoms with E-state index in [2.05, 4.69) is 10.6 Å². The van der Waals surface area contributed by atoms with Gasteiger partial charge in [-0.15, -0.1) is 0 Å². The van der Waals surface area contributed by atoms with Gasteiger partial charge in [0.1, 0.15) is 0 Å². The predicted octanol–water partition coefficient (Wildman–Crippen LogP) is 4.55. The molecular weight excluding hydrogens is 364 g/mol. The van der Waals surface area contributed by atoms with Gasteiger partial charge in [-0.25, -0.2) is 4.79 Å². The molecule has 0 fully saturated rings. The molecule has 0 aliphatic rings. The minimum atomic E-state index is -4.34. The van der Waals surface area contributed by atoms with Crippen LogP contribution >= 0.6 is 0 Å². The molecule has 3 rings (SSSR count). The number of carbonyl (C=O) groups excluding carboxylic acids is 1. The van der Waals surface area contributed by atoms with Gasteiger partial charge in [-0.1, -0.05) is 48.5 Å². The molecule has 0 unspecified atom stereocenters. The van der Waals surface area contributed by atoms with Crippen molar-refractivity contribution in [3.8, 4) is 11.1 Å². The van der Waals surface area contributed by atoms with Crippen molar-refractivity contribution >= 4 is 27.5 Å². The van der Waals surface area contributed by atoms with Crippen LogP contribution in [0, 0.1) is 6.92 Å². The highest BCUT2D eigenvalue weighted by molar-refractivity contribution is 7.85. The molecule has 2 amide bonds. The van der Waals surface area contributed by atoms with Crippen LogP contribution in [0.15, 0.2) is 77.7 Å². The first kappa shape index (κ1) is 18.6. The minimum Gasteiger partial charge on any atom is -0.308 e. The molecular formula is C20H18N2O4S. The number of rotatable bonds is 4. The van der Waals surface area contributed by atoms with Crippen molar-refractivity contribution < 1.29 is 17.8 Å². The molecule has 6 nitrogen and oxygen atoms in total. The van der Waals surface area contributed by atoms with Crippen LogP contribution in [-0.2, 0) is 10.1 Å². The van der Waals surface area contributed by atoms with Gasteiger partial charge in [0.25, 0.3) is 10.1 Å². The molecule has 0 atom stereocenters. The maximum atomic E-state index is 12.3. The van der Waals surface area contributed by atoms with E-state index in [1.165, 1.54) is 6.07 Å². The van der Waals surface area contributed by atoms with Crippen LogP contribution in [0.5, 0.6) is 0 Å². The van der Waals surface area contributed by atoms with Crippen LogP contribution in [0.25, 0.3) is 11.1 Å². The van der Waals surface area contributed by atoms with Crippen molar-refractivity contribution in [2.24, 2.45) is 0 Å². The maximum Gasteiger partial charge on any atom is 0.323 e. The van der Waals surface area contributed by atoms with Gasteiger partial charge in [-0.3, -0.25) is 4.55 Å². The van der Waals surface area contributed by atoms with Crippen molar-refractivity contribution in [2.45, 2.75) is 11.8 Å². The SMILES string of the molecule is Cc1c(-c2ccccc2NC(=O)Nc2ccccc2)cccc1S(=O)(=O)O. The van der Waals surface area contributed by atoms with E-state index in [1.807, 2.05) is 18.2 Å². The first-order chi connectivity index (χ1) is 12.9. The van der Waals surface area contributed by atoms with E-state index in [-0.39, 0.29) is 4.90 Å². The zero-order valence-corrected chi connectivity index (χ0v) is 15.3. The Bertz CT molecular complexity index is 1080. The average Bonchev–Trinajstić information content (AvgIpc) is 2.62. The minimum absolute atomic E-state index is 0.163. The average molecular weight is 382 g/mol. The molecule has 138 valence electrons. The third kappa shape index (κ3) is 4.33. The zero-order valence-electron chi connectivity index (χ0n) is 14.5. The summed E-state index contributed by atoms with van der Waals surface area (Å²) in [5.41, 5.74) is 2.81. The molecule has 27 heavy (non-hydrogen) atoms. The van der Waals surface area contributed by atoms with Crippen molar-refractivity contribution in [1.29, 1.82) is 0 Å². The Morgan fingerprint density at radius 2 is 1.44 bits per heavy atom. The lowest BCUT2D eigenvalue weighted by molar-refractivity contribution is 0.262. The summed E-state index contributed by atoms with van der Waals surface area (Å²) in [6.45, 7) is 1.61. The standard InChI is InChI=1S/C20H18N2O4S/c1-14-16(11-7-13-19(14)27(24,25)26)17-10-5-6-12-18(17)22-20(23)21-15-8-3-2-4-9-15/h2-13H,1H3,(H2,21,22,23)(H,24,25,26). The van der Waals surface area contributed by atoms with Gasteiger partial charge in [0.15, 0.2) is 0 Å². The van der Waals surface area contributed by atoms with E-state index in [1.54, 1.807) is 55.5 Å². The normalized spacial score (nSPS) is 11.0. The van der Waals surface area contributed by atoms with E-state index in [9.17, 15) is 17.8 Å². The molecule has 0 aromatic heterocycles. The fraction of sp³-hybridized carbons (Fsp3) is 0.0500. The topological polar surface area (TPSA) is 95.5 Å². The quantitative estimate of drug-likeness (QED) is 0.577. The zero-order chi connectivity index (χ0) is 19.4. The molecule has 3 aromatic carbocycles. The summed E-state index contributed by atoms with van der Waals surface area (Å²) in [4.78, 5) is 12.2. The van der Waals surface area contributed by atoms with E-state index in [0.29, 0.717) is 28.1 Å². The number of amides is 2. The van der Waals surface area contributed by atoms with Crippen LogP contribution in [0.1, 0.15) is 5.56 Å². The number of benzene rings is 3. The number of carbonyl (C=O) groups is 1. The second-order valence-corrected chi connectivity index (χ2v) is 7.28. The number of hydrogen-bond acceptors (Lipinski definition) is 3. The van der Waals surface area contributed by atoms with Gasteiger partial charge in [-0.05, 0) is 42.3 Å². The lowest BCUT2D eigenvalue weighted by atomic mass is 9.99. The first-order valence-corrected chi connectivity index (χ1v) is 9.60. The second-order valence-electron chi connectivity index (χ2n) is 5.89. The summed E-state index contributed by atoms with van der Waals surface area (Å²) in [7, 11) is -4.34. The van der Waals surface area contributed by atoms with Crippen LogP contribution in [0.2, 0.25) is 0 Å². The smallest absolute Gasteiger partial charge is 0.308 e. The van der Waals surface area contributed by atoms with Crippen molar-refractivity contribution in [2.75, 3.05) is 10.6 Å². The number of nitrogens with one attached hydrogen (secondary N) is 2. The predicted molar refractivity (Wildman–Crippen MR) is 106 cm³/mol. The summed E-state index contributed by atoms with van der Waals surface area (Å²) < 4.78 is 32.6. The number of anilines is 2. The van der Waals surface area contributed by atoms with Crippen LogP contribution in [0.3, 0.4) is 0 Å². The Morgan fingerprint density at radius 3 is 2.15 bits per heavy atom. The van der Waals surface area contributed by atoms with Crippen LogP contribution in [0.4, 0.5) is 16.2 Å². The summed E-state index contributed by atoms with van der Waals surface area (Å²) in [5.74, 6) is 0. The molecule has 0 radical (unpaired) electrons. The monoisotopic (exact) mass is 382 g/mol. The molecule has 0 aliphatic heterocycles. The lowest BCUT2D eigenvalue weighted by Crippen LogP contribution is -2.19. The molecule has 0 spiro atoms. The van der Waals surface area contributed by atoms with Gasteiger partial charge in [0.2, 0.25) is 0 Å². The highest BCUT2D eigenvalue weighted by Crippen LogP contribution is 2.33. The van der Waals surface area contributed by atoms with E-state index in [4.69, 9.17) is 0 Å². The van der Waals surface area contributed by atoms with Crippen molar-refractivity contribution in [3.63, 3.8) is 0 Å². The highest BCUT2D eigenvalue weighted by atomic mass is 32.2. The highest BCUT2D eigenvalue weighted by Gasteiger charge is 2.17. The van der Waals surface area contributed by atoms with Gasteiger partial charge >= 0.3 is 6.03 Å². The molecule has 0 aliphatic carbocycles. The summed E-state index contributed by atoms with van der Waals surface area (Å²) in [6, 6.07) is 20.3. The van der Waals surface area contributed by atoms with Gasteiger partial charge in [0, 0.05) is 11.3 Å². The summed E-state index contributed by atoms with van der Waals surface area (Å²) in [5, 5.41) is 5.51. The van der Waals surface area contributed by atoms with E-state index >= 15 is 0 Å². The van der Waals surface area contributed by atoms with Crippen LogP contribution < -0.4 is 10.6 Å². The van der Waals surface area contributed by atoms with Crippen LogP contribution in [-0.4, -0.2) is 19.0 Å². The maximum absolute atomic E-state index is 12.3. The summed E-state index contributed by atoms with van der Waals surface area (Å²) in [6.07, 6.45) is 0. The summed E-state index contributed by atoms with van der Waals surface area (Å²) >= 11 is 0. The fourth-order valence-electron chi connectivity index (χ4n) is 2.82. The molecule has 3 aromatic rings. The Labute approximate surface area is 157 Å². The Hall–Kier alpha value is -3.16. The van der Waals surface area contributed by atoms with Gasteiger partial charge in [-0.2, -0.15) is 8.42 Å². The number of para-hydroxylation sites is 2. The third-order valence-electron chi connectivity index (χ3n) is 4.06. The Balaban J connectivity index is 1.95. The van der Waals surface area contributed by atoms with Gasteiger partial charge in [0.05, 0.1) is 10.6 Å². The number of hydrogen-bond donors (Lipinski definition) is 3. The fourth-order valence-corrected chi connectivity index (χ4v) is 3.57. The molecule has 0 saturated heterocycles. The Kier molecular flexibility index (Phi) is 5.25. The third-order valence-corrected chi connectivity index (χ3v) is 5.06. The van der Waals surface area contributed by atoms with Crippen molar-refractivity contribution in [1.82, 2.24) is 0 Å². The van der Waals surface area contributed by atoms with E-state index < -0.39 is 16.1 Å². The second kappa shape index (κ2) is 7.61. The van der Waals surface area contributed by atoms with Gasteiger partial charge < -0.3 is 10.6 Å². The number of urea groups is 1. The molecule has 0 bridgehead atoms. The first-order valence-electron chi connectivity index (χ1n) is 8.16. The lowest BCUT2D eigenvalue weighted by Gasteiger charge is -2.15. The molecule has 3 N–H and O–H groups in total. The molecule has 0 heterocycles. The molecule has 0 saturated carbocycles.